The fourth-order valence-corrected chi connectivity index (χ4v) is 1.67. The number of oxazole rings is 1. The highest BCUT2D eigenvalue weighted by Crippen LogP contribution is 2.23. The van der Waals surface area contributed by atoms with Crippen LogP contribution in [0.15, 0.2) is 10.5 Å². The number of ether oxygens (including phenoxy) is 1. The van der Waals surface area contributed by atoms with Crippen molar-refractivity contribution in [3.63, 3.8) is 0 Å². The molecule has 0 aliphatic carbocycles. The van der Waals surface area contributed by atoms with Crippen LogP contribution in [0.1, 0.15) is 21.9 Å². The van der Waals surface area contributed by atoms with E-state index < -0.39 is 5.97 Å². The average Bonchev–Trinajstić information content (AvgIpc) is 2.83. The second-order valence-corrected chi connectivity index (χ2v) is 3.83. The van der Waals surface area contributed by atoms with E-state index in [4.69, 9.17) is 14.3 Å². The van der Waals surface area contributed by atoms with Gasteiger partial charge in [0.05, 0.1) is 12.3 Å². The van der Waals surface area contributed by atoms with Gasteiger partial charge in [0.1, 0.15) is 11.4 Å². The maximum atomic E-state index is 11.0. The predicted octanol–water partition coefficient (Wildman–Crippen LogP) is 1.23. The van der Waals surface area contributed by atoms with Gasteiger partial charge in [-0.15, -0.1) is 0 Å². The molecule has 0 saturated carbocycles. The van der Waals surface area contributed by atoms with Crippen LogP contribution in [0.5, 0.6) is 0 Å². The van der Waals surface area contributed by atoms with Gasteiger partial charge in [-0.25, -0.2) is 9.78 Å². The molecule has 0 aliphatic heterocycles. The SMILES string of the molecule is COCc1nc(-c2cc(C)nn2C)oc1C(=O)O. The summed E-state index contributed by atoms with van der Waals surface area (Å²) in [6.45, 7) is 1.92. The smallest absolute Gasteiger partial charge is 0.373 e. The molecule has 0 radical (unpaired) electrons. The van der Waals surface area contributed by atoms with Gasteiger partial charge in [-0.1, -0.05) is 0 Å². The number of carbonyl (C=O) groups is 1. The quantitative estimate of drug-likeness (QED) is 0.878. The fourth-order valence-electron chi connectivity index (χ4n) is 1.67. The molecule has 0 unspecified atom stereocenters. The highest BCUT2D eigenvalue weighted by Gasteiger charge is 2.21. The number of carboxylic acid groups (broad SMARTS) is 1. The maximum Gasteiger partial charge on any atom is 0.373 e. The van der Waals surface area contributed by atoms with Crippen LogP contribution >= 0.6 is 0 Å². The Morgan fingerprint density at radius 1 is 1.61 bits per heavy atom. The fraction of sp³-hybridized carbons (Fsp3) is 0.364. The molecule has 0 atom stereocenters. The van der Waals surface area contributed by atoms with Crippen molar-refractivity contribution in [2.45, 2.75) is 13.5 Å². The Bertz CT molecular complexity index is 585. The number of methoxy groups -OCH3 is 1. The molecular weight excluding hydrogens is 238 g/mol. The van der Waals surface area contributed by atoms with E-state index in [1.807, 2.05) is 6.92 Å². The summed E-state index contributed by atoms with van der Waals surface area (Å²) in [6.07, 6.45) is 0. The summed E-state index contributed by atoms with van der Waals surface area (Å²) in [7, 11) is 3.21. The van der Waals surface area contributed by atoms with E-state index in [9.17, 15) is 4.79 Å². The summed E-state index contributed by atoms with van der Waals surface area (Å²) in [5, 5.41) is 13.2. The van der Waals surface area contributed by atoms with Crippen LogP contribution in [0, 0.1) is 6.92 Å². The van der Waals surface area contributed by atoms with Crippen molar-refractivity contribution in [1.82, 2.24) is 14.8 Å². The lowest BCUT2D eigenvalue weighted by Gasteiger charge is -1.94. The molecule has 2 rings (SSSR count). The van der Waals surface area contributed by atoms with Crippen LogP contribution in [-0.2, 0) is 18.4 Å². The Labute approximate surface area is 103 Å². The molecule has 18 heavy (non-hydrogen) atoms. The average molecular weight is 251 g/mol. The Kier molecular flexibility index (Phi) is 3.15. The maximum absolute atomic E-state index is 11.0. The van der Waals surface area contributed by atoms with Gasteiger partial charge in [0.2, 0.25) is 11.7 Å². The van der Waals surface area contributed by atoms with E-state index >= 15 is 0 Å². The van der Waals surface area contributed by atoms with Gasteiger partial charge in [0, 0.05) is 14.2 Å². The lowest BCUT2D eigenvalue weighted by Crippen LogP contribution is -2.00. The number of aryl methyl sites for hydroxylation is 2. The Hall–Kier alpha value is -2.15. The van der Waals surface area contributed by atoms with Crippen molar-refractivity contribution in [1.29, 1.82) is 0 Å². The normalized spacial score (nSPS) is 10.8. The van der Waals surface area contributed by atoms with Crippen molar-refractivity contribution in [2.24, 2.45) is 7.05 Å². The molecule has 2 aromatic rings. The zero-order valence-corrected chi connectivity index (χ0v) is 10.3. The second-order valence-electron chi connectivity index (χ2n) is 3.83. The van der Waals surface area contributed by atoms with Gasteiger partial charge < -0.3 is 14.3 Å². The van der Waals surface area contributed by atoms with Crippen LogP contribution in [0.4, 0.5) is 0 Å². The molecule has 0 fully saturated rings. The van der Waals surface area contributed by atoms with E-state index in [0.29, 0.717) is 5.69 Å². The number of hydrogen-bond acceptors (Lipinski definition) is 5. The molecule has 0 bridgehead atoms. The minimum absolute atomic E-state index is 0.0853. The number of rotatable bonds is 4. The molecule has 96 valence electrons. The molecule has 1 N–H and O–H groups in total. The van der Waals surface area contributed by atoms with Crippen molar-refractivity contribution < 1.29 is 19.1 Å². The van der Waals surface area contributed by atoms with Crippen LogP contribution in [0.25, 0.3) is 11.6 Å². The minimum Gasteiger partial charge on any atom is -0.475 e. The van der Waals surface area contributed by atoms with E-state index in [2.05, 4.69) is 10.1 Å². The van der Waals surface area contributed by atoms with Gasteiger partial charge in [-0.2, -0.15) is 5.10 Å². The predicted molar refractivity (Wildman–Crippen MR) is 61.1 cm³/mol. The zero-order valence-electron chi connectivity index (χ0n) is 10.3. The van der Waals surface area contributed by atoms with Crippen molar-refractivity contribution in [3.05, 3.63) is 23.2 Å². The lowest BCUT2D eigenvalue weighted by atomic mass is 10.3. The molecule has 7 heteroatoms. The van der Waals surface area contributed by atoms with Gasteiger partial charge >= 0.3 is 5.97 Å². The molecule has 7 nitrogen and oxygen atoms in total. The first kappa shape index (κ1) is 12.3. The summed E-state index contributed by atoms with van der Waals surface area (Å²) in [4.78, 5) is 15.2. The molecular formula is C11H13N3O4. The van der Waals surface area contributed by atoms with Crippen molar-refractivity contribution in [3.8, 4) is 11.6 Å². The first-order valence-corrected chi connectivity index (χ1v) is 5.26. The van der Waals surface area contributed by atoms with Gasteiger partial charge in [-0.05, 0) is 13.0 Å². The molecule has 0 aliphatic rings. The highest BCUT2D eigenvalue weighted by atomic mass is 16.5. The zero-order chi connectivity index (χ0) is 13.3. The van der Waals surface area contributed by atoms with E-state index in [1.165, 1.54) is 7.11 Å². The number of hydrogen-bond donors (Lipinski definition) is 1. The molecule has 2 heterocycles. The summed E-state index contributed by atoms with van der Waals surface area (Å²) >= 11 is 0. The topological polar surface area (TPSA) is 90.4 Å². The van der Waals surface area contributed by atoms with Crippen LogP contribution < -0.4 is 0 Å². The lowest BCUT2D eigenvalue weighted by molar-refractivity contribution is 0.0656. The molecule has 0 spiro atoms. The second kappa shape index (κ2) is 4.61. The standard InChI is InChI=1S/C11H13N3O4/c1-6-4-8(14(2)13-6)10-12-7(5-17-3)9(18-10)11(15)16/h4H,5H2,1-3H3,(H,15,16). The molecule has 0 saturated heterocycles. The van der Waals surface area contributed by atoms with E-state index in [0.717, 1.165) is 5.69 Å². The Balaban J connectivity index is 2.49. The van der Waals surface area contributed by atoms with E-state index in [1.54, 1.807) is 17.8 Å². The first-order chi connectivity index (χ1) is 8.52. The number of aromatic nitrogens is 3. The van der Waals surface area contributed by atoms with Gasteiger partial charge in [0.15, 0.2) is 0 Å². The highest BCUT2D eigenvalue weighted by molar-refractivity contribution is 5.86. The minimum atomic E-state index is -1.17. The van der Waals surface area contributed by atoms with Crippen LogP contribution in [0.3, 0.4) is 0 Å². The third kappa shape index (κ3) is 2.12. The summed E-state index contributed by atoms with van der Waals surface area (Å²) in [5.74, 6) is -1.15. The number of carboxylic acids is 1. The van der Waals surface area contributed by atoms with Gasteiger partial charge in [-0.3, -0.25) is 4.68 Å². The summed E-state index contributed by atoms with van der Waals surface area (Å²) in [5.41, 5.74) is 1.69. The Morgan fingerprint density at radius 2 is 2.33 bits per heavy atom. The molecule has 0 aromatic carbocycles. The van der Waals surface area contributed by atoms with Crippen molar-refractivity contribution in [2.75, 3.05) is 7.11 Å². The van der Waals surface area contributed by atoms with Crippen LogP contribution in [-0.4, -0.2) is 33.0 Å². The number of nitrogens with zero attached hydrogens (tertiary/aromatic N) is 3. The first-order valence-electron chi connectivity index (χ1n) is 5.26. The number of aromatic carboxylic acids is 1. The molecule has 2 aromatic heterocycles. The molecule has 0 amide bonds. The largest absolute Gasteiger partial charge is 0.475 e. The summed E-state index contributed by atoms with van der Waals surface area (Å²) < 4.78 is 11.7. The Morgan fingerprint density at radius 3 is 2.83 bits per heavy atom. The van der Waals surface area contributed by atoms with E-state index in [-0.39, 0.29) is 24.0 Å². The van der Waals surface area contributed by atoms with Crippen molar-refractivity contribution >= 4 is 5.97 Å². The summed E-state index contributed by atoms with van der Waals surface area (Å²) in [6, 6.07) is 1.77. The van der Waals surface area contributed by atoms with Gasteiger partial charge in [0.25, 0.3) is 0 Å². The third-order valence-electron chi connectivity index (χ3n) is 2.39. The monoisotopic (exact) mass is 251 g/mol. The van der Waals surface area contributed by atoms with Crippen LogP contribution in [0.2, 0.25) is 0 Å². The third-order valence-corrected chi connectivity index (χ3v) is 2.39.